The van der Waals surface area contributed by atoms with Crippen LogP contribution < -0.4 is 4.43 Å². The van der Waals surface area contributed by atoms with Crippen molar-refractivity contribution < 1.29 is 22.8 Å². The van der Waals surface area contributed by atoms with Gasteiger partial charge in [0, 0.05) is 17.9 Å². The second kappa shape index (κ2) is 6.49. The highest BCUT2D eigenvalue weighted by Crippen LogP contribution is 2.17. The molecule has 1 heterocycles. The van der Waals surface area contributed by atoms with Crippen LogP contribution in [0.2, 0.25) is 0 Å². The highest BCUT2D eigenvalue weighted by Gasteiger charge is 2.31. The summed E-state index contributed by atoms with van der Waals surface area (Å²) in [4.78, 5) is 24.3. The number of rotatable bonds is 6. The van der Waals surface area contributed by atoms with E-state index in [9.17, 15) is 23.3 Å². The number of para-hydroxylation sites is 2. The molecule has 0 aliphatic carbocycles. The highest BCUT2D eigenvalue weighted by atomic mass is 32.2. The molecule has 0 bridgehead atoms. The molecule has 0 saturated heterocycles. The summed E-state index contributed by atoms with van der Waals surface area (Å²) in [6.45, 7) is 3.03. The summed E-state index contributed by atoms with van der Waals surface area (Å²) in [6.07, 6.45) is 1.19. The minimum atomic E-state index is -3.55. The standard InChI is InChI=1S/C15H19N2O5S/c1-3-4-9-23(21,22)10-14-15(11(2)18)17(20)13-8-6-5-7-12(13)16(14)19/h5-8,19H,3-4,9-10H2,1-2H3/q+1. The normalized spacial score (nSPS) is 11.7. The van der Waals surface area contributed by atoms with Gasteiger partial charge in [-0.3, -0.25) is 4.79 Å². The van der Waals surface area contributed by atoms with Crippen LogP contribution in [0.15, 0.2) is 24.3 Å². The number of aromatic nitrogens is 2. The Morgan fingerprint density at radius 2 is 1.96 bits per heavy atom. The van der Waals surface area contributed by atoms with Gasteiger partial charge in [0.2, 0.25) is 5.78 Å². The Morgan fingerprint density at radius 3 is 2.57 bits per heavy atom. The van der Waals surface area contributed by atoms with E-state index in [1.165, 1.54) is 19.1 Å². The zero-order valence-corrected chi connectivity index (χ0v) is 13.8. The van der Waals surface area contributed by atoms with E-state index >= 15 is 0 Å². The van der Waals surface area contributed by atoms with Crippen LogP contribution in [0.5, 0.6) is 0 Å². The topological polar surface area (TPSA) is 99.3 Å². The molecule has 0 fully saturated rings. The number of unbranched alkanes of at least 4 members (excludes halogenated alkanes) is 1. The quantitative estimate of drug-likeness (QED) is 0.491. The molecule has 0 radical (unpaired) electrons. The molecular formula is C15H19N2O5S+. The van der Waals surface area contributed by atoms with Crippen molar-refractivity contribution in [1.82, 2.24) is 4.73 Å². The van der Waals surface area contributed by atoms with Gasteiger partial charge in [-0.15, -0.1) is 0 Å². The van der Waals surface area contributed by atoms with E-state index in [4.69, 9.17) is 0 Å². The molecule has 0 aliphatic heterocycles. The summed E-state index contributed by atoms with van der Waals surface area (Å²) in [5.74, 6) is -1.23. The maximum Gasteiger partial charge on any atom is 0.329 e. The lowest BCUT2D eigenvalue weighted by molar-refractivity contribution is -0.468. The van der Waals surface area contributed by atoms with Gasteiger partial charge >= 0.3 is 5.69 Å². The number of carbonyl (C=O) groups excluding carboxylic acids is 1. The fourth-order valence-electron chi connectivity index (χ4n) is 2.42. The number of ketones is 1. The Morgan fingerprint density at radius 1 is 1.30 bits per heavy atom. The van der Waals surface area contributed by atoms with Gasteiger partial charge in [0.15, 0.2) is 21.0 Å². The second-order valence-electron chi connectivity index (χ2n) is 5.39. The van der Waals surface area contributed by atoms with Gasteiger partial charge in [0.25, 0.3) is 5.52 Å². The smallest absolute Gasteiger partial charge is 0.329 e. The van der Waals surface area contributed by atoms with Crippen molar-refractivity contribution in [1.29, 1.82) is 0 Å². The van der Waals surface area contributed by atoms with Crippen molar-refractivity contribution in [3.63, 3.8) is 0 Å². The fraction of sp³-hybridized carbons (Fsp3) is 0.400. The molecule has 2 rings (SSSR count). The van der Waals surface area contributed by atoms with Gasteiger partial charge in [-0.05, 0) is 12.5 Å². The third-order valence-electron chi connectivity index (χ3n) is 3.56. The first kappa shape index (κ1) is 17.1. The summed E-state index contributed by atoms with van der Waals surface area (Å²) < 4.78 is 25.4. The third-order valence-corrected chi connectivity index (χ3v) is 5.18. The predicted octanol–water partition coefficient (Wildman–Crippen LogP) is 1.71. The van der Waals surface area contributed by atoms with E-state index < -0.39 is 21.4 Å². The lowest BCUT2D eigenvalue weighted by Gasteiger charge is -2.09. The van der Waals surface area contributed by atoms with Crippen LogP contribution in [0.1, 0.15) is 42.9 Å². The molecular weight excluding hydrogens is 320 g/mol. The van der Waals surface area contributed by atoms with Gasteiger partial charge in [0.1, 0.15) is 5.75 Å². The molecule has 7 nitrogen and oxygen atoms in total. The van der Waals surface area contributed by atoms with E-state index in [0.29, 0.717) is 22.0 Å². The van der Waals surface area contributed by atoms with Gasteiger partial charge in [0.05, 0.1) is 10.2 Å². The molecule has 2 aromatic rings. The lowest BCUT2D eigenvalue weighted by atomic mass is 10.2. The molecule has 23 heavy (non-hydrogen) atoms. The molecule has 1 aromatic heterocycles. The van der Waals surface area contributed by atoms with E-state index in [0.717, 1.165) is 0 Å². The maximum atomic E-state index is 12.4. The Labute approximate surface area is 133 Å². The van der Waals surface area contributed by atoms with Crippen LogP contribution in [0, 0.1) is 4.91 Å². The Hall–Kier alpha value is -2.22. The zero-order chi connectivity index (χ0) is 17.2. The number of Topliss-reactive ketones (excluding diaryl/α,β-unsaturated/α-hetero) is 1. The molecule has 0 unspecified atom stereocenters. The van der Waals surface area contributed by atoms with E-state index in [1.807, 2.05) is 6.92 Å². The molecule has 124 valence electrons. The third kappa shape index (κ3) is 3.42. The average Bonchev–Trinajstić information content (AvgIpc) is 2.50. The first-order chi connectivity index (χ1) is 10.8. The number of nitrogens with zero attached hydrogens (tertiary/aromatic N) is 2. The minimum Gasteiger partial charge on any atom is -0.428 e. The average molecular weight is 339 g/mol. The zero-order valence-electron chi connectivity index (χ0n) is 13.0. The van der Waals surface area contributed by atoms with Crippen molar-refractivity contribution in [2.45, 2.75) is 32.4 Å². The number of sulfone groups is 1. The molecule has 0 aliphatic rings. The number of benzene rings is 1. The summed E-state index contributed by atoms with van der Waals surface area (Å²) in [5.41, 5.74) is -0.323. The highest BCUT2D eigenvalue weighted by molar-refractivity contribution is 7.90. The van der Waals surface area contributed by atoms with Crippen LogP contribution in [-0.2, 0) is 15.6 Å². The van der Waals surface area contributed by atoms with Crippen LogP contribution in [0.3, 0.4) is 0 Å². The maximum absolute atomic E-state index is 12.4. The van der Waals surface area contributed by atoms with Crippen molar-refractivity contribution >= 4 is 26.7 Å². The van der Waals surface area contributed by atoms with Gasteiger partial charge in [-0.2, -0.15) is 4.73 Å². The summed E-state index contributed by atoms with van der Waals surface area (Å²) in [5, 5.41) is 10.3. The van der Waals surface area contributed by atoms with Crippen molar-refractivity contribution in [2.75, 3.05) is 5.75 Å². The summed E-state index contributed by atoms with van der Waals surface area (Å²) in [7, 11) is -3.55. The number of hydrogen-bond acceptors (Lipinski definition) is 5. The molecule has 0 saturated carbocycles. The van der Waals surface area contributed by atoms with E-state index in [1.54, 1.807) is 12.1 Å². The molecule has 1 aromatic carbocycles. The van der Waals surface area contributed by atoms with Gasteiger partial charge < -0.3 is 5.21 Å². The first-order valence-electron chi connectivity index (χ1n) is 7.28. The van der Waals surface area contributed by atoms with Crippen LogP contribution in [0.25, 0.3) is 11.0 Å². The van der Waals surface area contributed by atoms with Crippen molar-refractivity contribution in [3.05, 3.63) is 40.6 Å². The lowest BCUT2D eigenvalue weighted by Crippen LogP contribution is -2.32. The van der Waals surface area contributed by atoms with Crippen LogP contribution in [0.4, 0.5) is 0 Å². The molecule has 0 amide bonds. The predicted molar refractivity (Wildman–Crippen MR) is 84.9 cm³/mol. The Bertz CT molecular complexity index is 915. The largest absolute Gasteiger partial charge is 0.428 e. The van der Waals surface area contributed by atoms with E-state index in [2.05, 4.69) is 0 Å². The summed E-state index contributed by atoms with van der Waals surface area (Å²) >= 11 is 0. The van der Waals surface area contributed by atoms with Crippen LogP contribution >= 0.6 is 0 Å². The number of hydrogen-bond donors (Lipinski definition) is 1. The molecule has 0 spiro atoms. The Kier molecular flexibility index (Phi) is 4.84. The van der Waals surface area contributed by atoms with E-state index in [-0.39, 0.29) is 28.2 Å². The van der Waals surface area contributed by atoms with Crippen molar-refractivity contribution in [2.24, 2.45) is 0 Å². The Balaban J connectivity index is 2.72. The van der Waals surface area contributed by atoms with Crippen molar-refractivity contribution in [3.8, 4) is 0 Å². The second-order valence-corrected chi connectivity index (χ2v) is 7.58. The molecule has 8 heteroatoms. The fourth-order valence-corrected chi connectivity index (χ4v) is 3.97. The molecule has 1 N–H and O–H groups in total. The number of fused-ring (bicyclic) bond motifs is 1. The number of carbonyl (C=O) groups is 1. The van der Waals surface area contributed by atoms with Gasteiger partial charge in [-0.1, -0.05) is 25.5 Å². The first-order valence-corrected chi connectivity index (χ1v) is 9.10. The van der Waals surface area contributed by atoms with Gasteiger partial charge in [-0.25, -0.2) is 8.42 Å². The molecule has 0 atom stereocenters. The SMILES string of the molecule is CCCCS(=O)(=O)Cc1c(C(C)=O)[n+](=O)c2ccccc2n1O. The summed E-state index contributed by atoms with van der Waals surface area (Å²) in [6, 6.07) is 6.14. The van der Waals surface area contributed by atoms with Crippen LogP contribution in [-0.4, -0.2) is 29.9 Å². The monoisotopic (exact) mass is 339 g/mol. The minimum absolute atomic E-state index is 0.0630.